The topological polar surface area (TPSA) is 175 Å². The molecule has 13 nitrogen and oxygen atoms in total. The van der Waals surface area contributed by atoms with Crippen molar-refractivity contribution in [3.8, 4) is 0 Å². The van der Waals surface area contributed by atoms with Gasteiger partial charge >= 0.3 is 18.3 Å². The van der Waals surface area contributed by atoms with E-state index in [4.69, 9.17) is 4.74 Å². The molecule has 290 valence electrons. The number of nitrogens with zero attached hydrogens (tertiary/aromatic N) is 1. The highest BCUT2D eigenvalue weighted by atomic mass is 19.4. The molecular weight excluding hydrogens is 673 g/mol. The molecule has 51 heavy (non-hydrogen) atoms. The van der Waals surface area contributed by atoms with Gasteiger partial charge in [-0.05, 0) is 55.8 Å². The summed E-state index contributed by atoms with van der Waals surface area (Å²) in [5, 5.41) is 12.8. The molecule has 0 aromatic heterocycles. The van der Waals surface area contributed by atoms with Gasteiger partial charge in [0.05, 0.1) is 12.1 Å². The molecule has 1 saturated carbocycles. The number of nitrogens with one attached hydrogen (secondary N) is 5. The summed E-state index contributed by atoms with van der Waals surface area (Å²) in [6, 6.07) is -5.28. The van der Waals surface area contributed by atoms with Gasteiger partial charge in [-0.3, -0.25) is 19.2 Å². The largest absolute Gasteiger partial charge is 0.447 e. The van der Waals surface area contributed by atoms with Crippen molar-refractivity contribution in [1.29, 1.82) is 0 Å². The van der Waals surface area contributed by atoms with E-state index in [9.17, 15) is 41.9 Å². The minimum Gasteiger partial charge on any atom is -0.447 e. The number of urea groups is 1. The van der Waals surface area contributed by atoms with Gasteiger partial charge in [0.1, 0.15) is 18.7 Å². The molecule has 16 heteroatoms. The predicted molar refractivity (Wildman–Crippen MR) is 184 cm³/mol. The lowest BCUT2D eigenvalue weighted by atomic mass is 9.83. The maximum Gasteiger partial charge on any atom is 0.407 e. The fourth-order valence-corrected chi connectivity index (χ4v) is 6.33. The monoisotopic (exact) mass is 730 g/mol. The van der Waals surface area contributed by atoms with Gasteiger partial charge in [-0.25, -0.2) is 9.59 Å². The number of hydrogen-bond donors (Lipinski definition) is 5. The minimum absolute atomic E-state index is 0.0206. The summed E-state index contributed by atoms with van der Waals surface area (Å²) in [5.74, 6) is -4.19. The maximum absolute atomic E-state index is 14.5. The Labute approximate surface area is 299 Å². The van der Waals surface area contributed by atoms with E-state index in [0.717, 1.165) is 19.3 Å². The molecule has 0 bridgehead atoms. The molecule has 1 heterocycles. The Morgan fingerprint density at radius 2 is 1.59 bits per heavy atom. The fourth-order valence-electron chi connectivity index (χ4n) is 6.33. The van der Waals surface area contributed by atoms with E-state index < -0.39 is 84.2 Å². The lowest BCUT2D eigenvalue weighted by Crippen LogP contribution is -2.60. The zero-order valence-corrected chi connectivity index (χ0v) is 30.8. The number of amides is 6. The van der Waals surface area contributed by atoms with Crippen molar-refractivity contribution in [2.24, 2.45) is 23.2 Å². The van der Waals surface area contributed by atoms with Gasteiger partial charge in [0, 0.05) is 26.1 Å². The van der Waals surface area contributed by atoms with Crippen LogP contribution in [0.3, 0.4) is 0 Å². The lowest BCUT2D eigenvalue weighted by Gasteiger charge is -2.36. The quantitative estimate of drug-likeness (QED) is 0.118. The number of ketones is 1. The van der Waals surface area contributed by atoms with Crippen LogP contribution < -0.4 is 26.6 Å². The molecule has 0 spiro atoms. The summed E-state index contributed by atoms with van der Waals surface area (Å²) in [6.07, 6.45) is -2.20. The Kier molecular flexibility index (Phi) is 16.7. The molecule has 0 aromatic carbocycles. The molecule has 2 aliphatic rings. The molecule has 0 aromatic rings. The number of halogens is 3. The van der Waals surface area contributed by atoms with Gasteiger partial charge in [-0.2, -0.15) is 13.2 Å². The van der Waals surface area contributed by atoms with Gasteiger partial charge in [-0.15, -0.1) is 6.58 Å². The van der Waals surface area contributed by atoms with Crippen molar-refractivity contribution in [3.05, 3.63) is 12.7 Å². The van der Waals surface area contributed by atoms with Crippen LogP contribution in [-0.2, 0) is 23.9 Å². The van der Waals surface area contributed by atoms with Crippen LogP contribution in [0, 0.1) is 23.2 Å². The molecule has 1 aliphatic carbocycles. The van der Waals surface area contributed by atoms with Crippen LogP contribution in [0.1, 0.15) is 92.9 Å². The average Bonchev–Trinajstić information content (AvgIpc) is 3.51. The summed E-state index contributed by atoms with van der Waals surface area (Å²) in [5.41, 5.74) is -0.542. The number of carbonyl (C=O) groups excluding carboxylic acids is 6. The highest BCUT2D eigenvalue weighted by Crippen LogP contribution is 2.33. The van der Waals surface area contributed by atoms with E-state index in [1.165, 1.54) is 11.0 Å². The van der Waals surface area contributed by atoms with Crippen LogP contribution in [0.2, 0.25) is 0 Å². The van der Waals surface area contributed by atoms with Gasteiger partial charge in [0.25, 0.3) is 5.91 Å². The summed E-state index contributed by atoms with van der Waals surface area (Å²) < 4.78 is 44.9. The molecule has 1 aliphatic heterocycles. The zero-order chi connectivity index (χ0) is 38.5. The Morgan fingerprint density at radius 1 is 0.941 bits per heavy atom. The van der Waals surface area contributed by atoms with Crippen molar-refractivity contribution < 1.29 is 46.7 Å². The third kappa shape index (κ3) is 14.0. The molecule has 1 saturated heterocycles. The second-order valence-corrected chi connectivity index (χ2v) is 14.9. The fraction of sp³-hybridized carbons (Fsp3) is 0.771. The lowest BCUT2D eigenvalue weighted by molar-refractivity contribution is -0.147. The van der Waals surface area contributed by atoms with Gasteiger partial charge in [0.15, 0.2) is 0 Å². The second-order valence-electron chi connectivity index (χ2n) is 14.9. The number of rotatable bonds is 16. The van der Waals surface area contributed by atoms with Gasteiger partial charge in [0.2, 0.25) is 17.6 Å². The number of alkyl carbamates (subject to hydrolysis) is 1. The maximum atomic E-state index is 14.5. The van der Waals surface area contributed by atoms with Crippen molar-refractivity contribution in [2.75, 3.05) is 26.2 Å². The van der Waals surface area contributed by atoms with Crippen LogP contribution in [0.4, 0.5) is 22.8 Å². The van der Waals surface area contributed by atoms with Crippen LogP contribution in [0.15, 0.2) is 12.7 Å². The third-order valence-corrected chi connectivity index (χ3v) is 9.57. The van der Waals surface area contributed by atoms with E-state index in [2.05, 4.69) is 33.2 Å². The Hall–Kier alpha value is -3.85. The number of likely N-dealkylation sites (tertiary alicyclic amines) is 1. The predicted octanol–water partition coefficient (Wildman–Crippen LogP) is 3.97. The molecule has 6 amide bonds. The van der Waals surface area contributed by atoms with Crippen LogP contribution >= 0.6 is 0 Å². The Balaban J connectivity index is 2.37. The highest BCUT2D eigenvalue weighted by molar-refractivity contribution is 6.38. The van der Waals surface area contributed by atoms with Gasteiger partial charge in [-0.1, -0.05) is 60.0 Å². The summed E-state index contributed by atoms with van der Waals surface area (Å²) in [4.78, 5) is 80.5. The minimum atomic E-state index is -4.65. The van der Waals surface area contributed by atoms with E-state index in [1.54, 1.807) is 6.92 Å². The molecule has 0 radical (unpaired) electrons. The van der Waals surface area contributed by atoms with E-state index in [1.807, 2.05) is 34.6 Å². The van der Waals surface area contributed by atoms with E-state index in [0.29, 0.717) is 19.4 Å². The van der Waals surface area contributed by atoms with Crippen molar-refractivity contribution >= 4 is 35.6 Å². The van der Waals surface area contributed by atoms with E-state index >= 15 is 0 Å². The summed E-state index contributed by atoms with van der Waals surface area (Å²) >= 11 is 0. The first-order chi connectivity index (χ1) is 23.8. The molecule has 5 atom stereocenters. The van der Waals surface area contributed by atoms with Crippen LogP contribution in [0.25, 0.3) is 0 Å². The van der Waals surface area contributed by atoms with Crippen molar-refractivity contribution in [1.82, 2.24) is 31.5 Å². The smallest absolute Gasteiger partial charge is 0.407 e. The Morgan fingerprint density at radius 3 is 2.14 bits per heavy atom. The number of alkyl halides is 3. The molecule has 5 N–H and O–H groups in total. The van der Waals surface area contributed by atoms with Crippen molar-refractivity contribution in [2.45, 2.75) is 123 Å². The standard InChI is InChI=1S/C35H57F3N6O7/c1-8-17-40-30(47)28(45)24(15-16-35(36,37)38)41-29(46)25-18-23(21(3)4)19-44(25)31(48)27(22-13-11-10-12-14-22)43-32(49)42-26(34(5,6)7)20-51-33(50)39-9-2/h8,21-27H,1,9-20H2,2-7H3,(H,39,50)(H,40,47)(H,41,46)(H2,42,43,49)/t23?,24?,25-,26+,27-/m0/s1. The first-order valence-corrected chi connectivity index (χ1v) is 17.9. The second kappa shape index (κ2) is 19.7. The number of ether oxygens (including phenoxy) is 1. The zero-order valence-electron chi connectivity index (χ0n) is 30.8. The normalized spacial score (nSPS) is 20.1. The summed E-state index contributed by atoms with van der Waals surface area (Å²) in [6.45, 7) is 14.9. The first kappa shape index (κ1) is 43.3. The van der Waals surface area contributed by atoms with Gasteiger partial charge < -0.3 is 36.2 Å². The molecular formula is C35H57F3N6O7. The molecule has 2 rings (SSSR count). The first-order valence-electron chi connectivity index (χ1n) is 17.9. The van der Waals surface area contributed by atoms with Crippen LogP contribution in [0.5, 0.6) is 0 Å². The SMILES string of the molecule is C=CCNC(=O)C(=O)C(CCC(F)(F)F)NC(=O)[C@@H]1CC(C(C)C)CN1C(=O)[C@@H](NC(=O)N[C@H](COC(=O)NCC)C(C)(C)C)C1CCCCC1. The molecule has 2 unspecified atom stereocenters. The Bertz CT molecular complexity index is 1230. The van der Waals surface area contributed by atoms with Crippen molar-refractivity contribution in [3.63, 3.8) is 0 Å². The number of hydrogen-bond acceptors (Lipinski definition) is 7. The highest BCUT2D eigenvalue weighted by Gasteiger charge is 2.46. The number of carbonyl (C=O) groups is 6. The average molecular weight is 731 g/mol. The summed E-state index contributed by atoms with van der Waals surface area (Å²) in [7, 11) is 0. The third-order valence-electron chi connectivity index (χ3n) is 9.57. The van der Waals surface area contributed by atoms with E-state index in [-0.39, 0.29) is 43.9 Å². The number of Topliss-reactive ketones (excluding diaryl/α,β-unsaturated/α-hetero) is 1. The molecule has 2 fully saturated rings. The van der Waals surface area contributed by atoms with Crippen LogP contribution in [-0.4, -0.2) is 97.1 Å².